The van der Waals surface area contributed by atoms with Crippen LogP contribution in [0.2, 0.25) is 0 Å². The molecule has 67 valence electrons. The van der Waals surface area contributed by atoms with Crippen LogP contribution in [0, 0.1) is 0 Å². The first-order valence-corrected chi connectivity index (χ1v) is 3.67. The first-order chi connectivity index (χ1) is 3.73. The van der Waals surface area contributed by atoms with E-state index in [1.54, 1.807) is 0 Å². The Morgan fingerprint density at radius 2 is 1.50 bits per heavy atom. The molecule has 0 fully saturated rings. The summed E-state index contributed by atoms with van der Waals surface area (Å²) < 4.78 is 31.8. The van der Waals surface area contributed by atoms with Gasteiger partial charge < -0.3 is 5.73 Å². The van der Waals surface area contributed by atoms with Gasteiger partial charge in [0, 0.05) is 17.1 Å². The molecule has 0 spiro atoms. The van der Waals surface area contributed by atoms with Crippen LogP contribution in [0.5, 0.6) is 0 Å². The zero-order valence-corrected chi connectivity index (χ0v) is 7.82. The summed E-state index contributed by atoms with van der Waals surface area (Å²) in [6, 6.07) is 0. The minimum absolute atomic E-state index is 0. The zero-order valence-electron chi connectivity index (χ0n) is 4.35. The molecule has 5 nitrogen and oxygen atoms in total. The molecule has 4 N–H and O–H groups in total. The fraction of sp³-hybridized carbons (Fsp3) is 0. The zero-order chi connectivity index (χ0) is 8.08. The maximum absolute atomic E-state index is 8.74. The van der Waals surface area contributed by atoms with Gasteiger partial charge in [0.15, 0.2) is 0 Å². The smallest absolute Gasteiger partial charge is 0.385 e. The Hall–Kier alpha value is 0.629. The Labute approximate surface area is 79.8 Å². The molecule has 0 rings (SSSR count). The molecule has 0 aromatic heterocycles. The molecule has 0 aliphatic carbocycles. The summed E-state index contributed by atoms with van der Waals surface area (Å²) in [5.41, 5.74) is 4.71. The molecule has 0 saturated carbocycles. The molecule has 0 heterocycles. The predicted molar refractivity (Wildman–Crippen MR) is 39.9 cm³/mol. The molecule has 10 heavy (non-hydrogen) atoms. The van der Waals surface area contributed by atoms with E-state index in [4.69, 9.17) is 23.3 Å². The van der Waals surface area contributed by atoms with Crippen molar-refractivity contribution in [3.63, 3.8) is 0 Å². The summed E-state index contributed by atoms with van der Waals surface area (Å²) in [6.45, 7) is 0. The van der Waals surface area contributed by atoms with Crippen molar-refractivity contribution in [2.75, 3.05) is 0 Å². The Bertz CT molecular complexity index is 163. The van der Waals surface area contributed by atoms with Gasteiger partial charge in [-0.05, 0) is 0 Å². The van der Waals surface area contributed by atoms with E-state index >= 15 is 0 Å². The third-order valence-electron chi connectivity index (χ3n) is 0. The van der Waals surface area contributed by atoms with Gasteiger partial charge in [-0.3, -0.25) is 9.11 Å². The SMILES string of the molecule is NC(=S)S.O=S(=O)(O)O.[Cu]. The van der Waals surface area contributed by atoms with Crippen molar-refractivity contribution >= 4 is 39.6 Å². The van der Waals surface area contributed by atoms with Gasteiger partial charge in [-0.15, -0.1) is 12.6 Å². The van der Waals surface area contributed by atoms with E-state index in [-0.39, 0.29) is 21.4 Å². The van der Waals surface area contributed by atoms with Crippen LogP contribution in [0.25, 0.3) is 0 Å². The molecule has 1 radical (unpaired) electrons. The fourth-order valence-electron chi connectivity index (χ4n) is 0. The molecule has 0 unspecified atom stereocenters. The maximum atomic E-state index is 8.74. The fourth-order valence-corrected chi connectivity index (χ4v) is 0. The van der Waals surface area contributed by atoms with E-state index in [0.29, 0.717) is 0 Å². The van der Waals surface area contributed by atoms with Crippen LogP contribution in [0.1, 0.15) is 0 Å². The molecular formula is CH5CuNO4S3. The maximum Gasteiger partial charge on any atom is 0.394 e. The second-order valence-electron chi connectivity index (χ2n) is 0.786. The van der Waals surface area contributed by atoms with Crippen LogP contribution in [0.15, 0.2) is 0 Å². The topological polar surface area (TPSA) is 101 Å². The first-order valence-electron chi connectivity index (χ1n) is 1.41. The van der Waals surface area contributed by atoms with Gasteiger partial charge in [0.25, 0.3) is 0 Å². The Kier molecular flexibility index (Phi) is 13.1. The summed E-state index contributed by atoms with van der Waals surface area (Å²) in [5, 5.41) is 0. The third kappa shape index (κ3) is 1270. The van der Waals surface area contributed by atoms with Crippen molar-refractivity contribution < 1.29 is 34.6 Å². The summed E-state index contributed by atoms with van der Waals surface area (Å²) in [6.07, 6.45) is 0. The van der Waals surface area contributed by atoms with Crippen LogP contribution < -0.4 is 5.73 Å². The van der Waals surface area contributed by atoms with Gasteiger partial charge in [0.2, 0.25) is 0 Å². The van der Waals surface area contributed by atoms with Crippen LogP contribution in [0.4, 0.5) is 0 Å². The molecular weight excluding hydrogens is 250 g/mol. The number of nitrogens with two attached hydrogens (primary N) is 1. The molecule has 0 aliphatic rings. The molecule has 0 atom stereocenters. The summed E-state index contributed by atoms with van der Waals surface area (Å²) in [5.74, 6) is 0. The van der Waals surface area contributed by atoms with Crippen molar-refractivity contribution in [3.8, 4) is 0 Å². The van der Waals surface area contributed by atoms with Gasteiger partial charge >= 0.3 is 10.4 Å². The standard InChI is InChI=1S/CH3NS2.Cu.H2O4S/c2-1(3)4;;1-5(2,3)4/h(H3,2,3,4);;(H2,1,2,3,4). The number of thiol groups is 1. The van der Waals surface area contributed by atoms with E-state index in [1.807, 2.05) is 0 Å². The average Bonchev–Trinajstić information content (AvgIpc) is 1.19. The van der Waals surface area contributed by atoms with Crippen molar-refractivity contribution in [1.82, 2.24) is 0 Å². The van der Waals surface area contributed by atoms with Crippen molar-refractivity contribution in [2.45, 2.75) is 0 Å². The van der Waals surface area contributed by atoms with Crippen molar-refractivity contribution in [3.05, 3.63) is 0 Å². The van der Waals surface area contributed by atoms with E-state index in [2.05, 4.69) is 24.8 Å². The van der Waals surface area contributed by atoms with E-state index in [9.17, 15) is 0 Å². The minimum atomic E-state index is -4.67. The minimum Gasteiger partial charge on any atom is -0.385 e. The van der Waals surface area contributed by atoms with Crippen LogP contribution in [0.3, 0.4) is 0 Å². The van der Waals surface area contributed by atoms with Gasteiger partial charge in [-0.25, -0.2) is 0 Å². The van der Waals surface area contributed by atoms with Gasteiger partial charge in [0.05, 0.1) is 0 Å². The Morgan fingerprint density at radius 1 is 1.50 bits per heavy atom. The molecule has 0 amide bonds. The van der Waals surface area contributed by atoms with Crippen LogP contribution in [-0.2, 0) is 27.5 Å². The van der Waals surface area contributed by atoms with Crippen LogP contribution in [-0.4, -0.2) is 21.8 Å². The third-order valence-corrected chi connectivity index (χ3v) is 0. The van der Waals surface area contributed by atoms with Crippen molar-refractivity contribution in [2.24, 2.45) is 5.73 Å². The normalized spacial score (nSPS) is 8.30. The number of hydrogen-bond acceptors (Lipinski definition) is 3. The van der Waals surface area contributed by atoms with Gasteiger partial charge in [-0.1, -0.05) is 12.2 Å². The quantitative estimate of drug-likeness (QED) is 0.201. The van der Waals surface area contributed by atoms with E-state index in [1.165, 1.54) is 0 Å². The van der Waals surface area contributed by atoms with Gasteiger partial charge in [-0.2, -0.15) is 8.42 Å². The van der Waals surface area contributed by atoms with Crippen LogP contribution >= 0.6 is 24.8 Å². The number of thiocarbonyl (C=S) groups is 1. The molecule has 0 aliphatic heterocycles. The number of hydrogen-bond donors (Lipinski definition) is 4. The molecule has 0 aromatic rings. The Morgan fingerprint density at radius 3 is 1.50 bits per heavy atom. The number of rotatable bonds is 0. The first kappa shape index (κ1) is 16.9. The molecule has 0 bridgehead atoms. The monoisotopic (exact) mass is 254 g/mol. The predicted octanol–water partition coefficient (Wildman–Crippen LogP) is -0.495. The van der Waals surface area contributed by atoms with Crippen molar-refractivity contribution in [1.29, 1.82) is 0 Å². The molecule has 0 saturated heterocycles. The summed E-state index contributed by atoms with van der Waals surface area (Å²) >= 11 is 7.65. The molecule has 0 aromatic carbocycles. The second-order valence-corrected chi connectivity index (χ2v) is 2.91. The average molecular weight is 255 g/mol. The Balaban J connectivity index is -0.0000000910. The van der Waals surface area contributed by atoms with Gasteiger partial charge in [0.1, 0.15) is 4.32 Å². The van der Waals surface area contributed by atoms with E-state index < -0.39 is 10.4 Å². The summed E-state index contributed by atoms with van der Waals surface area (Å²) in [4.78, 5) is 0. The largest absolute Gasteiger partial charge is 0.394 e. The second kappa shape index (κ2) is 7.73. The summed E-state index contributed by atoms with van der Waals surface area (Å²) in [7, 11) is -4.67. The van der Waals surface area contributed by atoms with E-state index in [0.717, 1.165) is 0 Å². The molecule has 9 heteroatoms.